The van der Waals surface area contributed by atoms with E-state index in [2.05, 4.69) is 10.3 Å². The van der Waals surface area contributed by atoms with Crippen LogP contribution in [0, 0.1) is 11.6 Å². The van der Waals surface area contributed by atoms with Gasteiger partial charge in [-0.15, -0.1) is 0 Å². The largest absolute Gasteiger partial charge is 0.394 e. The minimum atomic E-state index is -1.74. The topological polar surface area (TPSA) is 157 Å². The number of aromatic nitrogens is 2. The molecule has 12 heteroatoms. The van der Waals surface area contributed by atoms with Crippen LogP contribution < -0.4 is 5.32 Å². The van der Waals surface area contributed by atoms with Crippen molar-refractivity contribution in [2.45, 2.75) is 30.6 Å². The standard InChI is InChI=1S/C26H19F2N3O7/c27-8-1-3-10-12(5-8)29-19-15(10)17-18(25(37)30-24(17)36)16-11-4-2-9(28)6-13(11)31(20(16)19)26-23(35)22(34)21(33)14(7-32)38-26/h1-6,14,21-23,26,29,32-35H,7H2,(H,30,36,37)/t14-,21-,22-,23-,26+/m1/s1. The Kier molecular flexibility index (Phi) is 4.75. The smallest absolute Gasteiger partial charge is 0.259 e. The highest BCUT2D eigenvalue weighted by Crippen LogP contribution is 2.46. The van der Waals surface area contributed by atoms with Crippen molar-refractivity contribution in [3.8, 4) is 0 Å². The average molecular weight is 523 g/mol. The van der Waals surface area contributed by atoms with E-state index < -0.39 is 60.7 Å². The maximum Gasteiger partial charge on any atom is 0.259 e. The number of carbonyl (C=O) groups is 2. The molecule has 0 radical (unpaired) electrons. The normalized spacial score (nSPS) is 25.7. The molecule has 10 nitrogen and oxygen atoms in total. The van der Waals surface area contributed by atoms with Gasteiger partial charge in [-0.3, -0.25) is 14.9 Å². The predicted octanol–water partition coefficient (Wildman–Crippen LogP) is 1.56. The number of hydrogen-bond acceptors (Lipinski definition) is 7. The number of rotatable bonds is 2. The Bertz CT molecular complexity index is 1860. The maximum absolute atomic E-state index is 14.6. The molecule has 0 aliphatic carbocycles. The molecule has 1 fully saturated rings. The highest BCUT2D eigenvalue weighted by Gasteiger charge is 2.46. The van der Waals surface area contributed by atoms with Crippen LogP contribution in [0.2, 0.25) is 0 Å². The number of ether oxygens (including phenoxy) is 1. The van der Waals surface area contributed by atoms with Crippen molar-refractivity contribution in [1.82, 2.24) is 14.9 Å². The lowest BCUT2D eigenvalue weighted by Gasteiger charge is -2.41. The van der Waals surface area contributed by atoms with Gasteiger partial charge in [-0.05, 0) is 36.4 Å². The molecule has 1 saturated heterocycles. The number of fused-ring (bicyclic) bond motifs is 10. The van der Waals surface area contributed by atoms with Crippen molar-refractivity contribution >= 4 is 55.4 Å². The molecule has 5 atom stereocenters. The van der Waals surface area contributed by atoms with E-state index in [0.717, 1.165) is 6.07 Å². The lowest BCUT2D eigenvalue weighted by Crippen LogP contribution is -2.56. The minimum Gasteiger partial charge on any atom is -0.394 e. The first kappa shape index (κ1) is 23.2. The fraction of sp³-hybridized carbons (Fsp3) is 0.231. The molecule has 4 heterocycles. The molecule has 2 aromatic heterocycles. The number of amides is 2. The summed E-state index contributed by atoms with van der Waals surface area (Å²) in [5.41, 5.74) is 1.03. The number of hydrogen-bond donors (Lipinski definition) is 6. The number of carbonyl (C=O) groups excluding carboxylic acids is 2. The average Bonchev–Trinajstić information content (AvgIpc) is 3.51. The van der Waals surface area contributed by atoms with E-state index in [9.17, 15) is 38.8 Å². The highest BCUT2D eigenvalue weighted by molar-refractivity contribution is 6.39. The molecule has 6 N–H and O–H groups in total. The van der Waals surface area contributed by atoms with Crippen LogP contribution in [0.25, 0.3) is 43.6 Å². The molecular weight excluding hydrogens is 504 g/mol. The molecule has 194 valence electrons. The number of aliphatic hydroxyl groups is 4. The molecule has 0 bridgehead atoms. The van der Waals surface area contributed by atoms with Gasteiger partial charge in [-0.1, -0.05) is 0 Å². The van der Waals surface area contributed by atoms with Gasteiger partial charge < -0.3 is 34.7 Å². The van der Waals surface area contributed by atoms with Crippen LogP contribution in [0.5, 0.6) is 0 Å². The number of H-pyrrole nitrogens is 1. The lowest BCUT2D eigenvalue weighted by atomic mass is 9.96. The molecule has 0 spiro atoms. The first-order valence-corrected chi connectivity index (χ1v) is 11.8. The fourth-order valence-electron chi connectivity index (χ4n) is 5.88. The van der Waals surface area contributed by atoms with Gasteiger partial charge in [0, 0.05) is 27.1 Å². The molecule has 5 aromatic rings. The number of aliphatic hydroxyl groups excluding tert-OH is 4. The van der Waals surface area contributed by atoms with Crippen LogP contribution in [0.1, 0.15) is 26.9 Å². The van der Waals surface area contributed by atoms with Gasteiger partial charge in [-0.25, -0.2) is 8.78 Å². The zero-order valence-corrected chi connectivity index (χ0v) is 19.3. The van der Waals surface area contributed by atoms with Crippen LogP contribution in [-0.2, 0) is 4.74 Å². The van der Waals surface area contributed by atoms with E-state index in [1.54, 1.807) is 0 Å². The minimum absolute atomic E-state index is 0.0164. The summed E-state index contributed by atoms with van der Waals surface area (Å²) in [6.45, 7) is -0.694. The van der Waals surface area contributed by atoms with E-state index in [1.807, 2.05) is 0 Å². The molecule has 3 aromatic carbocycles. The Morgan fingerprint density at radius 1 is 0.868 bits per heavy atom. The molecule has 0 saturated carbocycles. The van der Waals surface area contributed by atoms with Gasteiger partial charge in [0.05, 0.1) is 34.3 Å². The van der Waals surface area contributed by atoms with Gasteiger partial charge in [0.2, 0.25) is 0 Å². The van der Waals surface area contributed by atoms with Gasteiger partial charge in [0.25, 0.3) is 11.8 Å². The lowest BCUT2D eigenvalue weighted by molar-refractivity contribution is -0.249. The molecule has 38 heavy (non-hydrogen) atoms. The monoisotopic (exact) mass is 523 g/mol. The molecular formula is C26H19F2N3O7. The summed E-state index contributed by atoms with van der Waals surface area (Å²) in [6.07, 6.45) is -7.85. The predicted molar refractivity (Wildman–Crippen MR) is 130 cm³/mol. The zero-order valence-electron chi connectivity index (χ0n) is 19.3. The molecule has 2 aliphatic heterocycles. The summed E-state index contributed by atoms with van der Waals surface area (Å²) >= 11 is 0. The Morgan fingerprint density at radius 2 is 1.53 bits per heavy atom. The molecule has 7 rings (SSSR count). The number of imide groups is 1. The van der Waals surface area contributed by atoms with E-state index in [4.69, 9.17) is 4.74 Å². The Morgan fingerprint density at radius 3 is 2.24 bits per heavy atom. The van der Waals surface area contributed by atoms with E-state index in [0.29, 0.717) is 21.7 Å². The Labute approximate surface area is 210 Å². The molecule has 2 amide bonds. The number of nitrogens with one attached hydrogen (secondary N) is 2. The fourth-order valence-corrected chi connectivity index (χ4v) is 5.88. The third-order valence-corrected chi connectivity index (χ3v) is 7.52. The summed E-state index contributed by atoms with van der Waals surface area (Å²) in [7, 11) is 0. The summed E-state index contributed by atoms with van der Waals surface area (Å²) in [5, 5.41) is 45.2. The number of halogens is 2. The van der Waals surface area contributed by atoms with Crippen LogP contribution in [0.3, 0.4) is 0 Å². The van der Waals surface area contributed by atoms with Gasteiger partial charge in [0.1, 0.15) is 36.1 Å². The van der Waals surface area contributed by atoms with Crippen LogP contribution in [-0.4, -0.2) is 72.8 Å². The van der Waals surface area contributed by atoms with E-state index in [-0.39, 0.29) is 33.1 Å². The first-order chi connectivity index (χ1) is 18.2. The van der Waals surface area contributed by atoms with Crippen molar-refractivity contribution in [2.24, 2.45) is 0 Å². The third kappa shape index (κ3) is 2.86. The number of nitrogens with zero attached hydrogens (tertiary/aromatic N) is 1. The summed E-state index contributed by atoms with van der Waals surface area (Å²) < 4.78 is 36.0. The zero-order chi connectivity index (χ0) is 26.6. The highest BCUT2D eigenvalue weighted by atomic mass is 19.1. The van der Waals surface area contributed by atoms with Gasteiger partial charge in [0.15, 0.2) is 6.23 Å². The van der Waals surface area contributed by atoms with E-state index >= 15 is 0 Å². The SMILES string of the molecule is O=C1NC(=O)c2c1c1c3ccc(F)cc3[nH]c1c1c2c2ccc(F)cc2n1[C@H]1O[C@H](CO)[C@@H](O)[C@@H](O)[C@H]1O. The van der Waals surface area contributed by atoms with Gasteiger partial charge in [-0.2, -0.15) is 0 Å². The van der Waals surface area contributed by atoms with Crippen molar-refractivity contribution < 1.29 is 43.5 Å². The van der Waals surface area contributed by atoms with Crippen molar-refractivity contribution in [3.05, 3.63) is 59.2 Å². The van der Waals surface area contributed by atoms with E-state index in [1.165, 1.54) is 34.9 Å². The van der Waals surface area contributed by atoms with Gasteiger partial charge >= 0.3 is 0 Å². The first-order valence-electron chi connectivity index (χ1n) is 11.8. The van der Waals surface area contributed by atoms with Crippen molar-refractivity contribution in [1.29, 1.82) is 0 Å². The van der Waals surface area contributed by atoms with Crippen molar-refractivity contribution in [2.75, 3.05) is 6.61 Å². The second-order valence-corrected chi connectivity index (χ2v) is 9.57. The molecule has 0 unspecified atom stereocenters. The number of benzene rings is 3. The maximum atomic E-state index is 14.6. The summed E-state index contributed by atoms with van der Waals surface area (Å²) in [6, 6.07) is 7.63. The van der Waals surface area contributed by atoms with Crippen LogP contribution in [0.15, 0.2) is 36.4 Å². The number of aromatic amines is 1. The third-order valence-electron chi connectivity index (χ3n) is 7.52. The Hall–Kier alpha value is -3.94. The summed E-state index contributed by atoms with van der Waals surface area (Å²) in [4.78, 5) is 29.2. The second-order valence-electron chi connectivity index (χ2n) is 9.57. The summed E-state index contributed by atoms with van der Waals surface area (Å²) in [5.74, 6) is -2.55. The van der Waals surface area contributed by atoms with Crippen LogP contribution >= 0.6 is 0 Å². The quantitative estimate of drug-likeness (QED) is 0.192. The molecule has 2 aliphatic rings. The van der Waals surface area contributed by atoms with Crippen LogP contribution in [0.4, 0.5) is 8.78 Å². The second kappa shape index (κ2) is 7.79. The van der Waals surface area contributed by atoms with Crippen molar-refractivity contribution in [3.63, 3.8) is 0 Å². The Balaban J connectivity index is 1.72.